The van der Waals surface area contributed by atoms with Crippen molar-refractivity contribution >= 4 is 5.97 Å². The Kier molecular flexibility index (Phi) is 6.05. The Balaban J connectivity index is 2.10. The number of carbonyl (C=O) groups is 1. The van der Waals surface area contributed by atoms with Gasteiger partial charge in [-0.3, -0.25) is 0 Å². The fourth-order valence-electron chi connectivity index (χ4n) is 2.38. The van der Waals surface area contributed by atoms with Crippen LogP contribution in [0.3, 0.4) is 0 Å². The molecular formula is C16H28O3. The number of cyclic esters (lactones) is 1. The van der Waals surface area contributed by atoms with E-state index in [0.717, 1.165) is 24.8 Å². The van der Waals surface area contributed by atoms with Crippen LogP contribution in [0.15, 0.2) is 11.1 Å². The lowest BCUT2D eigenvalue weighted by Crippen LogP contribution is -2.25. The van der Waals surface area contributed by atoms with E-state index < -0.39 is 0 Å². The molecule has 1 aliphatic heterocycles. The van der Waals surface area contributed by atoms with Crippen LogP contribution in [0.1, 0.15) is 66.7 Å². The van der Waals surface area contributed by atoms with Crippen LogP contribution < -0.4 is 0 Å². The van der Waals surface area contributed by atoms with E-state index in [1.54, 1.807) is 0 Å². The van der Waals surface area contributed by atoms with Gasteiger partial charge in [-0.05, 0) is 59.5 Å². The van der Waals surface area contributed by atoms with Gasteiger partial charge in [0.05, 0.1) is 11.7 Å². The van der Waals surface area contributed by atoms with Crippen LogP contribution in [-0.4, -0.2) is 24.3 Å². The third kappa shape index (κ3) is 6.24. The second-order valence-electron chi connectivity index (χ2n) is 6.44. The number of hydrogen-bond acceptors (Lipinski definition) is 3. The van der Waals surface area contributed by atoms with E-state index in [-0.39, 0.29) is 11.6 Å². The number of ether oxygens (including phenoxy) is 2. The van der Waals surface area contributed by atoms with Crippen LogP contribution in [0.2, 0.25) is 0 Å². The summed E-state index contributed by atoms with van der Waals surface area (Å²) in [7, 11) is 0. The summed E-state index contributed by atoms with van der Waals surface area (Å²) in [5.74, 6) is -0.137. The molecule has 0 radical (unpaired) electrons. The Bertz CT molecular complexity index is 336. The zero-order valence-corrected chi connectivity index (χ0v) is 13.0. The van der Waals surface area contributed by atoms with Crippen molar-refractivity contribution in [2.24, 2.45) is 0 Å². The van der Waals surface area contributed by atoms with Crippen LogP contribution >= 0.6 is 0 Å². The molecule has 0 bridgehead atoms. The molecule has 0 aliphatic carbocycles. The largest absolute Gasteiger partial charge is 0.458 e. The lowest BCUT2D eigenvalue weighted by Gasteiger charge is -2.25. The Morgan fingerprint density at radius 3 is 2.47 bits per heavy atom. The average molecular weight is 268 g/mol. The van der Waals surface area contributed by atoms with E-state index in [1.165, 1.54) is 18.4 Å². The second kappa shape index (κ2) is 7.09. The van der Waals surface area contributed by atoms with Crippen molar-refractivity contribution in [3.63, 3.8) is 0 Å². The van der Waals surface area contributed by atoms with E-state index in [2.05, 4.69) is 27.7 Å². The van der Waals surface area contributed by atoms with Gasteiger partial charge in [0.2, 0.25) is 0 Å². The number of hydrogen-bond donors (Lipinski definition) is 0. The molecule has 19 heavy (non-hydrogen) atoms. The summed E-state index contributed by atoms with van der Waals surface area (Å²) in [6.45, 7) is 10.8. The number of carbonyl (C=O) groups excluding carboxylic acids is 1. The molecule has 1 unspecified atom stereocenters. The van der Waals surface area contributed by atoms with Gasteiger partial charge in [0.25, 0.3) is 0 Å². The molecular weight excluding hydrogens is 240 g/mol. The minimum absolute atomic E-state index is 0.0527. The molecule has 1 rings (SSSR count). The predicted octanol–water partition coefficient (Wildman–Crippen LogP) is 4.01. The minimum atomic E-state index is -0.137. The first kappa shape index (κ1) is 16.2. The first-order chi connectivity index (χ1) is 8.79. The molecule has 1 heterocycles. The molecule has 0 spiro atoms. The van der Waals surface area contributed by atoms with Gasteiger partial charge < -0.3 is 9.47 Å². The Labute approximate surface area is 117 Å². The summed E-state index contributed by atoms with van der Waals surface area (Å²) in [6.07, 6.45) is 5.90. The predicted molar refractivity (Wildman–Crippen MR) is 77.0 cm³/mol. The zero-order valence-electron chi connectivity index (χ0n) is 13.0. The van der Waals surface area contributed by atoms with Gasteiger partial charge in [-0.15, -0.1) is 0 Å². The van der Waals surface area contributed by atoms with E-state index in [1.807, 2.05) is 6.92 Å². The number of rotatable bonds is 7. The van der Waals surface area contributed by atoms with Gasteiger partial charge >= 0.3 is 5.97 Å². The van der Waals surface area contributed by atoms with Gasteiger partial charge in [-0.1, -0.05) is 12.8 Å². The number of unbranched alkanes of at least 4 members (excludes halogenated alkanes) is 2. The highest BCUT2D eigenvalue weighted by Crippen LogP contribution is 2.21. The quantitative estimate of drug-likeness (QED) is 0.517. The van der Waals surface area contributed by atoms with Gasteiger partial charge in [0, 0.05) is 5.57 Å². The summed E-state index contributed by atoms with van der Waals surface area (Å²) >= 11 is 0. The normalized spacial score (nSPS) is 17.8. The average Bonchev–Trinajstić information content (AvgIpc) is 2.58. The topological polar surface area (TPSA) is 35.5 Å². The highest BCUT2D eigenvalue weighted by atomic mass is 16.5. The third-order valence-electron chi connectivity index (χ3n) is 3.36. The minimum Gasteiger partial charge on any atom is -0.458 e. The fourth-order valence-corrected chi connectivity index (χ4v) is 2.38. The van der Waals surface area contributed by atoms with Crippen LogP contribution in [0.5, 0.6) is 0 Å². The highest BCUT2D eigenvalue weighted by Gasteiger charge is 2.20. The van der Waals surface area contributed by atoms with E-state index in [4.69, 9.17) is 9.47 Å². The smallest absolute Gasteiger partial charge is 0.334 e. The molecule has 1 aliphatic rings. The molecule has 0 saturated heterocycles. The van der Waals surface area contributed by atoms with E-state index in [0.29, 0.717) is 12.7 Å². The molecule has 3 nitrogen and oxygen atoms in total. The second-order valence-corrected chi connectivity index (χ2v) is 6.44. The monoisotopic (exact) mass is 268 g/mol. The lowest BCUT2D eigenvalue weighted by atomic mass is 10.0. The van der Waals surface area contributed by atoms with Crippen molar-refractivity contribution in [2.75, 3.05) is 6.61 Å². The summed E-state index contributed by atoms with van der Waals surface area (Å²) in [6, 6.07) is 0. The Morgan fingerprint density at radius 2 is 1.95 bits per heavy atom. The Hall–Kier alpha value is -0.830. The van der Waals surface area contributed by atoms with Crippen molar-refractivity contribution in [1.82, 2.24) is 0 Å². The lowest BCUT2D eigenvalue weighted by molar-refractivity contribution is -0.135. The van der Waals surface area contributed by atoms with Gasteiger partial charge in [0.1, 0.15) is 6.61 Å². The van der Waals surface area contributed by atoms with Crippen molar-refractivity contribution in [3.05, 3.63) is 11.1 Å². The summed E-state index contributed by atoms with van der Waals surface area (Å²) < 4.78 is 10.9. The Morgan fingerprint density at radius 1 is 1.26 bits per heavy atom. The third-order valence-corrected chi connectivity index (χ3v) is 3.36. The first-order valence-electron chi connectivity index (χ1n) is 7.33. The van der Waals surface area contributed by atoms with Crippen molar-refractivity contribution in [1.29, 1.82) is 0 Å². The van der Waals surface area contributed by atoms with E-state index in [9.17, 15) is 4.79 Å². The molecule has 3 heteroatoms. The molecule has 0 N–H and O–H groups in total. The van der Waals surface area contributed by atoms with Crippen LogP contribution in [0, 0.1) is 0 Å². The van der Waals surface area contributed by atoms with Crippen molar-refractivity contribution in [2.45, 2.75) is 78.4 Å². The fraction of sp³-hybridized carbons (Fsp3) is 0.812. The molecule has 0 saturated carbocycles. The molecule has 0 amide bonds. The standard InChI is InChI=1S/C16H28O3/c1-12(19-16(3,4)5)9-7-6-8-10-14-11-18-15(17)13(14)2/h12H,6-11H2,1-5H3. The summed E-state index contributed by atoms with van der Waals surface area (Å²) in [4.78, 5) is 11.2. The summed E-state index contributed by atoms with van der Waals surface area (Å²) in [5.41, 5.74) is 1.96. The molecule has 0 fully saturated rings. The molecule has 0 aromatic carbocycles. The van der Waals surface area contributed by atoms with Crippen LogP contribution in [-0.2, 0) is 14.3 Å². The van der Waals surface area contributed by atoms with Crippen LogP contribution in [0.25, 0.3) is 0 Å². The maximum Gasteiger partial charge on any atom is 0.334 e. The van der Waals surface area contributed by atoms with Crippen molar-refractivity contribution in [3.8, 4) is 0 Å². The first-order valence-corrected chi connectivity index (χ1v) is 7.33. The van der Waals surface area contributed by atoms with Gasteiger partial charge in [-0.2, -0.15) is 0 Å². The van der Waals surface area contributed by atoms with Gasteiger partial charge in [0.15, 0.2) is 0 Å². The molecule has 110 valence electrons. The summed E-state index contributed by atoms with van der Waals surface area (Å²) in [5, 5.41) is 0. The number of esters is 1. The van der Waals surface area contributed by atoms with Crippen molar-refractivity contribution < 1.29 is 14.3 Å². The molecule has 0 aromatic rings. The maximum atomic E-state index is 11.2. The highest BCUT2D eigenvalue weighted by molar-refractivity contribution is 5.90. The van der Waals surface area contributed by atoms with E-state index >= 15 is 0 Å². The zero-order chi connectivity index (χ0) is 14.5. The maximum absolute atomic E-state index is 11.2. The van der Waals surface area contributed by atoms with Crippen LogP contribution in [0.4, 0.5) is 0 Å². The molecule has 1 atom stereocenters. The van der Waals surface area contributed by atoms with Gasteiger partial charge in [-0.25, -0.2) is 4.79 Å². The SMILES string of the molecule is CC1=C(CCCCCC(C)OC(C)(C)C)COC1=O. The molecule has 0 aromatic heterocycles.